The van der Waals surface area contributed by atoms with E-state index in [4.69, 9.17) is 11.6 Å². The normalized spacial score (nSPS) is 11.7. The van der Waals surface area contributed by atoms with Crippen LogP contribution in [0.2, 0.25) is 5.02 Å². The van der Waals surface area contributed by atoms with E-state index in [9.17, 15) is 14.9 Å². The van der Waals surface area contributed by atoms with Crippen LogP contribution < -0.4 is 10.6 Å². The van der Waals surface area contributed by atoms with Gasteiger partial charge in [0.15, 0.2) is 5.82 Å². The molecule has 11 nitrogen and oxygen atoms in total. The topological polar surface area (TPSA) is 141 Å². The largest absolute Gasteiger partial charge is 0.328 e. The lowest BCUT2D eigenvalue weighted by atomic mass is 10.2. The van der Waals surface area contributed by atoms with Crippen molar-refractivity contribution in [1.29, 1.82) is 0 Å². The minimum Gasteiger partial charge on any atom is -0.328 e. The second-order valence-electron chi connectivity index (χ2n) is 5.77. The van der Waals surface area contributed by atoms with Crippen molar-refractivity contribution in [3.05, 3.63) is 63.4 Å². The Morgan fingerprint density at radius 2 is 2.00 bits per heavy atom. The second-order valence-corrected chi connectivity index (χ2v) is 6.18. The third-order valence-electron chi connectivity index (χ3n) is 3.79. The van der Waals surface area contributed by atoms with E-state index in [0.717, 1.165) is 0 Å². The Hall–Kier alpha value is -3.60. The van der Waals surface area contributed by atoms with Crippen LogP contribution in [0.25, 0.3) is 5.95 Å². The molecule has 0 aliphatic rings. The second kappa shape index (κ2) is 7.96. The molecule has 0 fully saturated rings. The molecular weight excluding hydrogens is 388 g/mol. The van der Waals surface area contributed by atoms with Crippen LogP contribution >= 0.6 is 11.6 Å². The van der Waals surface area contributed by atoms with Crippen LogP contribution in [-0.4, -0.2) is 35.7 Å². The van der Waals surface area contributed by atoms with E-state index in [-0.39, 0.29) is 16.4 Å². The number of nitrogens with one attached hydrogen (secondary N) is 2. The third-order valence-corrected chi connectivity index (χ3v) is 4.09. The third kappa shape index (κ3) is 4.04. The van der Waals surface area contributed by atoms with Crippen molar-refractivity contribution >= 4 is 29.0 Å². The summed E-state index contributed by atoms with van der Waals surface area (Å²) in [6.07, 6.45) is 4.46. The van der Waals surface area contributed by atoms with Gasteiger partial charge in [0.25, 0.3) is 11.6 Å². The molecule has 2 amide bonds. The lowest BCUT2D eigenvalue weighted by Crippen LogP contribution is -2.33. The first-order chi connectivity index (χ1) is 13.4. The number of carbonyl (C=O) groups is 1. The Kier molecular flexibility index (Phi) is 5.45. The molecule has 2 N–H and O–H groups in total. The van der Waals surface area contributed by atoms with Gasteiger partial charge in [-0.1, -0.05) is 11.6 Å². The number of urea groups is 1. The van der Waals surface area contributed by atoms with Gasteiger partial charge in [-0.05, 0) is 31.5 Å². The predicted molar refractivity (Wildman–Crippen MR) is 100 cm³/mol. The molecule has 28 heavy (non-hydrogen) atoms. The maximum absolute atomic E-state index is 12.4. The van der Waals surface area contributed by atoms with Crippen molar-refractivity contribution in [1.82, 2.24) is 30.0 Å². The molecule has 0 saturated carbocycles. The Morgan fingerprint density at radius 1 is 1.29 bits per heavy atom. The molecule has 0 radical (unpaired) electrons. The van der Waals surface area contributed by atoms with Crippen molar-refractivity contribution in [2.45, 2.75) is 19.9 Å². The lowest BCUT2D eigenvalue weighted by Gasteiger charge is -2.15. The van der Waals surface area contributed by atoms with Gasteiger partial charge in [0.2, 0.25) is 0 Å². The van der Waals surface area contributed by atoms with E-state index in [2.05, 4.69) is 30.7 Å². The number of aryl methyl sites for hydroxylation is 1. The first-order valence-corrected chi connectivity index (χ1v) is 8.44. The molecule has 3 aromatic rings. The fourth-order valence-electron chi connectivity index (χ4n) is 2.46. The Morgan fingerprint density at radius 3 is 2.68 bits per heavy atom. The molecule has 2 heterocycles. The molecule has 2 aromatic heterocycles. The monoisotopic (exact) mass is 402 g/mol. The molecule has 0 spiro atoms. The first-order valence-electron chi connectivity index (χ1n) is 8.06. The zero-order chi connectivity index (χ0) is 20.3. The van der Waals surface area contributed by atoms with Crippen LogP contribution in [0.5, 0.6) is 0 Å². The summed E-state index contributed by atoms with van der Waals surface area (Å²) in [7, 11) is 0. The number of nitro groups is 1. The number of amides is 2. The standard InChI is InChI=1S/C16H15ClN8O3/c1-9-6-11(17)13(25(27)28)7-12(9)23-16(26)22-10(2)14-20-8-21-24(14)15-18-4-3-5-19-15/h3-8,10H,1-2H3,(H2,22,23,26)/t10-/m0/s1. The maximum atomic E-state index is 12.4. The SMILES string of the molecule is Cc1cc(Cl)c([N+](=O)[O-])cc1NC(=O)N[C@@H](C)c1ncnn1-c1ncccn1. The number of hydrogen-bond acceptors (Lipinski definition) is 7. The quantitative estimate of drug-likeness (QED) is 0.493. The van der Waals surface area contributed by atoms with E-state index >= 15 is 0 Å². The summed E-state index contributed by atoms with van der Waals surface area (Å²) in [6.45, 7) is 3.39. The predicted octanol–water partition coefficient (Wildman–Crippen LogP) is 2.81. The van der Waals surface area contributed by atoms with Gasteiger partial charge in [-0.25, -0.2) is 19.7 Å². The van der Waals surface area contributed by atoms with Crippen LogP contribution in [0.4, 0.5) is 16.2 Å². The summed E-state index contributed by atoms with van der Waals surface area (Å²) in [6, 6.07) is 3.18. The van der Waals surface area contributed by atoms with Crippen molar-refractivity contribution in [3.8, 4) is 5.95 Å². The Labute approximate surface area is 163 Å². The summed E-state index contributed by atoms with van der Waals surface area (Å²) in [5.74, 6) is 0.730. The van der Waals surface area contributed by atoms with Crippen LogP contribution in [0.3, 0.4) is 0 Å². The highest BCUT2D eigenvalue weighted by Crippen LogP contribution is 2.30. The summed E-state index contributed by atoms with van der Waals surface area (Å²) in [4.78, 5) is 35.1. The number of rotatable bonds is 5. The smallest absolute Gasteiger partial charge is 0.319 e. The fourth-order valence-corrected chi connectivity index (χ4v) is 2.74. The summed E-state index contributed by atoms with van der Waals surface area (Å²) in [5.41, 5.74) is 0.560. The molecule has 144 valence electrons. The number of nitrogens with zero attached hydrogens (tertiary/aromatic N) is 6. The van der Waals surface area contributed by atoms with E-state index in [1.54, 1.807) is 32.3 Å². The van der Waals surface area contributed by atoms with Crippen molar-refractivity contribution in [3.63, 3.8) is 0 Å². The van der Waals surface area contributed by atoms with Crippen molar-refractivity contribution in [2.75, 3.05) is 5.32 Å². The van der Waals surface area contributed by atoms with Crippen LogP contribution in [0.15, 0.2) is 36.9 Å². The minimum absolute atomic E-state index is 0.00205. The van der Waals surface area contributed by atoms with Gasteiger partial charge in [-0.15, -0.1) is 0 Å². The van der Waals surface area contributed by atoms with Crippen LogP contribution in [0, 0.1) is 17.0 Å². The first kappa shape index (κ1) is 19.2. The number of nitro benzene ring substituents is 1. The molecule has 0 aliphatic heterocycles. The van der Waals surface area contributed by atoms with E-state index in [1.165, 1.54) is 23.1 Å². The van der Waals surface area contributed by atoms with Gasteiger partial charge in [-0.3, -0.25) is 10.1 Å². The summed E-state index contributed by atoms with van der Waals surface area (Å²) >= 11 is 5.86. The zero-order valence-corrected chi connectivity index (χ0v) is 15.6. The molecule has 0 unspecified atom stereocenters. The molecular formula is C16H15ClN8O3. The van der Waals surface area contributed by atoms with Gasteiger partial charge in [0.05, 0.1) is 16.7 Å². The summed E-state index contributed by atoms with van der Waals surface area (Å²) < 4.78 is 1.41. The average molecular weight is 403 g/mol. The molecule has 0 saturated heterocycles. The molecule has 1 atom stereocenters. The van der Waals surface area contributed by atoms with Crippen LogP contribution in [-0.2, 0) is 0 Å². The summed E-state index contributed by atoms with van der Waals surface area (Å²) in [5, 5.41) is 20.4. The fraction of sp³-hybridized carbons (Fsp3) is 0.188. The van der Waals surface area contributed by atoms with E-state index in [1.807, 2.05) is 0 Å². The van der Waals surface area contributed by atoms with Gasteiger partial charge >= 0.3 is 6.03 Å². The van der Waals surface area contributed by atoms with Gasteiger partial charge in [-0.2, -0.15) is 9.78 Å². The number of aromatic nitrogens is 5. The van der Waals surface area contributed by atoms with Crippen molar-refractivity contribution in [2.24, 2.45) is 0 Å². The zero-order valence-electron chi connectivity index (χ0n) is 14.8. The lowest BCUT2D eigenvalue weighted by molar-refractivity contribution is -0.384. The van der Waals surface area contributed by atoms with Gasteiger partial charge in [0, 0.05) is 18.5 Å². The Bertz CT molecular complexity index is 1020. The molecule has 0 aliphatic carbocycles. The number of benzene rings is 1. The highest BCUT2D eigenvalue weighted by atomic mass is 35.5. The molecule has 0 bridgehead atoms. The number of anilines is 1. The van der Waals surface area contributed by atoms with Crippen molar-refractivity contribution < 1.29 is 9.72 Å². The molecule has 12 heteroatoms. The van der Waals surface area contributed by atoms with Gasteiger partial charge < -0.3 is 10.6 Å². The molecule has 1 aromatic carbocycles. The number of halogens is 1. The van der Waals surface area contributed by atoms with Gasteiger partial charge in [0.1, 0.15) is 11.3 Å². The Balaban J connectivity index is 1.75. The number of carbonyl (C=O) groups excluding carboxylic acids is 1. The highest BCUT2D eigenvalue weighted by molar-refractivity contribution is 6.32. The van der Waals surface area contributed by atoms with Crippen LogP contribution in [0.1, 0.15) is 24.4 Å². The number of hydrogen-bond donors (Lipinski definition) is 2. The minimum atomic E-state index is -0.615. The van der Waals surface area contributed by atoms with E-state index < -0.39 is 17.0 Å². The van der Waals surface area contributed by atoms with E-state index in [0.29, 0.717) is 17.3 Å². The average Bonchev–Trinajstić information content (AvgIpc) is 3.14. The maximum Gasteiger partial charge on any atom is 0.319 e. The highest BCUT2D eigenvalue weighted by Gasteiger charge is 2.20. The molecule has 3 rings (SSSR count).